The summed E-state index contributed by atoms with van der Waals surface area (Å²) in [5.41, 5.74) is 4.64. The molecule has 1 N–H and O–H groups in total. The SMILES string of the molecule is CN1CCC(c2cccnc2)N1. The third-order valence-corrected chi connectivity index (χ3v) is 2.22. The number of rotatable bonds is 1. The summed E-state index contributed by atoms with van der Waals surface area (Å²) in [6.07, 6.45) is 4.90. The van der Waals surface area contributed by atoms with Gasteiger partial charge >= 0.3 is 0 Å². The quantitative estimate of drug-likeness (QED) is 0.668. The summed E-state index contributed by atoms with van der Waals surface area (Å²) in [4.78, 5) is 4.10. The molecule has 0 aliphatic carbocycles. The number of hydrogen-bond donors (Lipinski definition) is 1. The van der Waals surface area contributed by atoms with Crippen molar-refractivity contribution in [2.75, 3.05) is 13.6 Å². The lowest BCUT2D eigenvalue weighted by molar-refractivity contribution is 0.292. The van der Waals surface area contributed by atoms with Crippen LogP contribution in [0.4, 0.5) is 0 Å². The topological polar surface area (TPSA) is 28.2 Å². The molecule has 1 aliphatic rings. The van der Waals surface area contributed by atoms with Crippen LogP contribution < -0.4 is 5.43 Å². The highest BCUT2D eigenvalue weighted by molar-refractivity contribution is 5.14. The third kappa shape index (κ3) is 1.47. The van der Waals surface area contributed by atoms with Crippen LogP contribution in [0.2, 0.25) is 0 Å². The van der Waals surface area contributed by atoms with Crippen molar-refractivity contribution in [2.24, 2.45) is 0 Å². The normalized spacial score (nSPS) is 24.6. The molecule has 0 radical (unpaired) electrons. The fourth-order valence-electron chi connectivity index (χ4n) is 1.54. The van der Waals surface area contributed by atoms with Crippen LogP contribution in [-0.4, -0.2) is 23.6 Å². The van der Waals surface area contributed by atoms with E-state index in [2.05, 4.69) is 28.5 Å². The molecule has 0 aromatic carbocycles. The van der Waals surface area contributed by atoms with Gasteiger partial charge in [0.15, 0.2) is 0 Å². The summed E-state index contributed by atoms with van der Waals surface area (Å²) in [7, 11) is 2.07. The summed E-state index contributed by atoms with van der Waals surface area (Å²) < 4.78 is 0. The molecule has 0 spiro atoms. The minimum atomic E-state index is 0.462. The predicted octanol–water partition coefficient (Wildman–Crippen LogP) is 0.963. The monoisotopic (exact) mass is 163 g/mol. The first-order valence-electron chi connectivity index (χ1n) is 4.23. The van der Waals surface area contributed by atoms with Crippen LogP contribution in [0.5, 0.6) is 0 Å². The highest BCUT2D eigenvalue weighted by Gasteiger charge is 2.19. The van der Waals surface area contributed by atoms with Gasteiger partial charge in [-0.1, -0.05) is 6.07 Å². The van der Waals surface area contributed by atoms with Gasteiger partial charge in [-0.3, -0.25) is 4.98 Å². The zero-order valence-corrected chi connectivity index (χ0v) is 7.20. The van der Waals surface area contributed by atoms with Gasteiger partial charge in [-0.05, 0) is 18.1 Å². The average molecular weight is 163 g/mol. The van der Waals surface area contributed by atoms with Crippen molar-refractivity contribution in [1.29, 1.82) is 0 Å². The molecule has 3 nitrogen and oxygen atoms in total. The van der Waals surface area contributed by atoms with Crippen LogP contribution in [-0.2, 0) is 0 Å². The van der Waals surface area contributed by atoms with Crippen molar-refractivity contribution in [1.82, 2.24) is 15.4 Å². The molecule has 1 aromatic rings. The number of hydrogen-bond acceptors (Lipinski definition) is 3. The lowest BCUT2D eigenvalue weighted by Crippen LogP contribution is -2.27. The number of nitrogens with zero attached hydrogens (tertiary/aromatic N) is 2. The molecule has 1 aliphatic heterocycles. The number of pyridine rings is 1. The summed E-state index contributed by atoms with van der Waals surface area (Å²) in [6, 6.07) is 4.56. The first-order valence-corrected chi connectivity index (χ1v) is 4.23. The van der Waals surface area contributed by atoms with Gasteiger partial charge < -0.3 is 0 Å². The van der Waals surface area contributed by atoms with Gasteiger partial charge in [0.2, 0.25) is 0 Å². The number of aromatic nitrogens is 1. The molecule has 1 saturated heterocycles. The highest BCUT2D eigenvalue weighted by atomic mass is 15.5. The van der Waals surface area contributed by atoms with Crippen molar-refractivity contribution in [3.63, 3.8) is 0 Å². The lowest BCUT2D eigenvalue weighted by Gasteiger charge is -2.12. The Bertz CT molecular complexity index is 247. The second-order valence-corrected chi connectivity index (χ2v) is 3.18. The van der Waals surface area contributed by atoms with Crippen LogP contribution in [0.25, 0.3) is 0 Å². The Labute approximate surface area is 72.4 Å². The Balaban J connectivity index is 2.11. The van der Waals surface area contributed by atoms with E-state index in [1.54, 1.807) is 0 Å². The molecule has 1 atom stereocenters. The number of nitrogens with one attached hydrogen (secondary N) is 1. The van der Waals surface area contributed by atoms with Gasteiger partial charge in [-0.25, -0.2) is 10.4 Å². The minimum absolute atomic E-state index is 0.462. The van der Waals surface area contributed by atoms with Gasteiger partial charge in [-0.2, -0.15) is 0 Å². The second-order valence-electron chi connectivity index (χ2n) is 3.18. The molecular weight excluding hydrogens is 150 g/mol. The molecule has 12 heavy (non-hydrogen) atoms. The van der Waals surface area contributed by atoms with E-state index in [0.29, 0.717) is 6.04 Å². The fourth-order valence-corrected chi connectivity index (χ4v) is 1.54. The van der Waals surface area contributed by atoms with Crippen LogP contribution in [0.3, 0.4) is 0 Å². The highest BCUT2D eigenvalue weighted by Crippen LogP contribution is 2.20. The lowest BCUT2D eigenvalue weighted by atomic mass is 10.1. The molecule has 0 saturated carbocycles. The molecule has 1 aromatic heterocycles. The molecule has 2 rings (SSSR count). The molecule has 1 fully saturated rings. The Kier molecular flexibility index (Phi) is 2.06. The Morgan fingerprint density at radius 2 is 2.58 bits per heavy atom. The van der Waals surface area contributed by atoms with E-state index in [1.165, 1.54) is 12.0 Å². The molecule has 2 heterocycles. The van der Waals surface area contributed by atoms with Gasteiger partial charge in [0.05, 0.1) is 0 Å². The molecule has 0 amide bonds. The van der Waals surface area contributed by atoms with Gasteiger partial charge in [-0.15, -0.1) is 0 Å². The maximum atomic E-state index is 4.10. The van der Waals surface area contributed by atoms with E-state index in [9.17, 15) is 0 Å². The van der Waals surface area contributed by atoms with E-state index in [1.807, 2.05) is 18.5 Å². The smallest absolute Gasteiger partial charge is 0.0492 e. The largest absolute Gasteiger partial charge is 0.264 e. The maximum absolute atomic E-state index is 4.10. The van der Waals surface area contributed by atoms with Crippen molar-refractivity contribution in [3.05, 3.63) is 30.1 Å². The third-order valence-electron chi connectivity index (χ3n) is 2.22. The summed E-state index contributed by atoms with van der Waals surface area (Å²) in [5.74, 6) is 0. The maximum Gasteiger partial charge on any atom is 0.0492 e. The molecule has 64 valence electrons. The Hall–Kier alpha value is -0.930. The minimum Gasteiger partial charge on any atom is -0.264 e. The van der Waals surface area contributed by atoms with Gasteiger partial charge in [0.1, 0.15) is 0 Å². The van der Waals surface area contributed by atoms with Crippen LogP contribution in [0.1, 0.15) is 18.0 Å². The Morgan fingerprint density at radius 3 is 3.17 bits per heavy atom. The van der Waals surface area contributed by atoms with E-state index in [-0.39, 0.29) is 0 Å². The van der Waals surface area contributed by atoms with Crippen LogP contribution in [0.15, 0.2) is 24.5 Å². The molecule has 1 unspecified atom stereocenters. The Morgan fingerprint density at radius 1 is 1.67 bits per heavy atom. The average Bonchev–Trinajstić information content (AvgIpc) is 2.54. The van der Waals surface area contributed by atoms with Gasteiger partial charge in [0.25, 0.3) is 0 Å². The first-order chi connectivity index (χ1) is 5.86. The van der Waals surface area contributed by atoms with Crippen molar-refractivity contribution >= 4 is 0 Å². The molecule has 3 heteroatoms. The van der Waals surface area contributed by atoms with Crippen molar-refractivity contribution < 1.29 is 0 Å². The standard InChI is InChI=1S/C9H13N3/c1-12-6-4-9(11-12)8-3-2-5-10-7-8/h2-3,5,7,9,11H,4,6H2,1H3. The zero-order chi connectivity index (χ0) is 8.39. The van der Waals surface area contributed by atoms with Gasteiger partial charge in [0, 0.05) is 32.0 Å². The zero-order valence-electron chi connectivity index (χ0n) is 7.20. The first kappa shape index (κ1) is 7.71. The van der Waals surface area contributed by atoms with Crippen molar-refractivity contribution in [2.45, 2.75) is 12.5 Å². The summed E-state index contributed by atoms with van der Waals surface area (Å²) in [6.45, 7) is 1.11. The van der Waals surface area contributed by atoms with Crippen LogP contribution >= 0.6 is 0 Å². The van der Waals surface area contributed by atoms with Crippen molar-refractivity contribution in [3.8, 4) is 0 Å². The number of hydrazine groups is 1. The second kappa shape index (κ2) is 3.21. The van der Waals surface area contributed by atoms with E-state index < -0.39 is 0 Å². The summed E-state index contributed by atoms with van der Waals surface area (Å²) >= 11 is 0. The van der Waals surface area contributed by atoms with E-state index >= 15 is 0 Å². The van der Waals surface area contributed by atoms with E-state index in [0.717, 1.165) is 6.54 Å². The molecular formula is C9H13N3. The summed E-state index contributed by atoms with van der Waals surface area (Å²) in [5, 5.41) is 2.12. The molecule has 0 bridgehead atoms. The predicted molar refractivity (Wildman–Crippen MR) is 47.4 cm³/mol. The fraction of sp³-hybridized carbons (Fsp3) is 0.444. The van der Waals surface area contributed by atoms with Crippen LogP contribution in [0, 0.1) is 0 Å². The van der Waals surface area contributed by atoms with E-state index in [4.69, 9.17) is 0 Å².